The van der Waals surface area contributed by atoms with Crippen LogP contribution in [0.3, 0.4) is 0 Å². The van der Waals surface area contributed by atoms with E-state index in [1.54, 1.807) is 29.7 Å². The largest absolute Gasteiger partial charge is 0.351 e. The predicted molar refractivity (Wildman–Crippen MR) is 133 cm³/mol. The molecule has 0 bridgehead atoms. The van der Waals surface area contributed by atoms with Gasteiger partial charge in [0.2, 0.25) is 0 Å². The summed E-state index contributed by atoms with van der Waals surface area (Å²) in [6.07, 6.45) is 3.80. The van der Waals surface area contributed by atoms with E-state index in [2.05, 4.69) is 27.0 Å². The second-order valence-electron chi connectivity index (χ2n) is 7.74. The van der Waals surface area contributed by atoms with Crippen LogP contribution in [0.2, 0.25) is 0 Å². The highest BCUT2D eigenvalue weighted by molar-refractivity contribution is 7.80. The molecule has 0 radical (unpaired) electrons. The zero-order chi connectivity index (χ0) is 22.4. The summed E-state index contributed by atoms with van der Waals surface area (Å²) in [7, 11) is 0. The Bertz CT molecular complexity index is 1410. The summed E-state index contributed by atoms with van der Waals surface area (Å²) in [6, 6.07) is 24.1. The molecule has 0 amide bonds. The normalized spacial score (nSPS) is 18.1. The van der Waals surface area contributed by atoms with E-state index in [0.717, 1.165) is 32.4 Å². The molecule has 33 heavy (non-hydrogen) atoms. The fraction of sp³-hybridized carbons (Fsp3) is 0.0800. The summed E-state index contributed by atoms with van der Waals surface area (Å²) in [4.78, 5) is 11.5. The van der Waals surface area contributed by atoms with Gasteiger partial charge >= 0.3 is 0 Å². The first kappa shape index (κ1) is 20.0. The third-order valence-electron chi connectivity index (χ3n) is 5.77. The highest BCUT2D eigenvalue weighted by Crippen LogP contribution is 2.42. The maximum atomic E-state index is 13.7. The minimum absolute atomic E-state index is 0.188. The predicted octanol–water partition coefficient (Wildman–Crippen LogP) is 5.80. The van der Waals surface area contributed by atoms with Gasteiger partial charge in [-0.25, -0.2) is 9.37 Å². The minimum atomic E-state index is -0.285. The van der Waals surface area contributed by atoms with Crippen molar-refractivity contribution in [2.45, 2.75) is 12.1 Å². The lowest BCUT2D eigenvalue weighted by molar-refractivity contribution is 0.549. The third-order valence-corrected chi connectivity index (χ3v) is 7.13. The lowest BCUT2D eigenvalue weighted by Gasteiger charge is -2.28. The molecule has 0 saturated carbocycles. The molecule has 5 nitrogen and oxygen atoms in total. The quantitative estimate of drug-likeness (QED) is 0.336. The molecule has 0 aliphatic carbocycles. The summed E-state index contributed by atoms with van der Waals surface area (Å²) in [5.74, 6) is -0.285. The van der Waals surface area contributed by atoms with Crippen LogP contribution in [0.15, 0.2) is 91.3 Å². The average Bonchev–Trinajstić information content (AvgIpc) is 3.56. The van der Waals surface area contributed by atoms with Crippen LogP contribution < -0.4 is 10.2 Å². The number of pyridine rings is 1. The second kappa shape index (κ2) is 8.06. The van der Waals surface area contributed by atoms with Crippen LogP contribution in [0.1, 0.15) is 23.5 Å². The molecule has 1 fully saturated rings. The number of nitrogens with one attached hydrogen (secondary N) is 1. The van der Waals surface area contributed by atoms with Gasteiger partial charge in [-0.05, 0) is 72.9 Å². The average molecular weight is 472 g/mol. The van der Waals surface area contributed by atoms with Crippen molar-refractivity contribution in [3.63, 3.8) is 0 Å². The Kier molecular flexibility index (Phi) is 4.89. The molecule has 2 atom stereocenters. The number of para-hydroxylation sites is 1. The summed E-state index contributed by atoms with van der Waals surface area (Å²) < 4.78 is 16.9. The number of thiazole rings is 1. The van der Waals surface area contributed by atoms with E-state index >= 15 is 0 Å². The molecule has 4 heterocycles. The maximum Gasteiger partial charge on any atom is 0.194 e. The lowest BCUT2D eigenvalue weighted by Crippen LogP contribution is -2.30. The van der Waals surface area contributed by atoms with E-state index in [1.807, 2.05) is 53.6 Å². The molecule has 1 saturated heterocycles. The SMILES string of the molecule is Fc1ccc(N2C(=S)N[C@H](c3ccccn3)[C@@H]2c2cccn2-c2nc3ccccc3s2)cc1. The highest BCUT2D eigenvalue weighted by atomic mass is 32.1. The first-order valence-electron chi connectivity index (χ1n) is 10.5. The van der Waals surface area contributed by atoms with Crippen molar-refractivity contribution >= 4 is 44.6 Å². The van der Waals surface area contributed by atoms with Crippen molar-refractivity contribution in [1.29, 1.82) is 0 Å². The summed E-state index contributed by atoms with van der Waals surface area (Å²) in [5, 5.41) is 4.90. The second-order valence-corrected chi connectivity index (χ2v) is 9.14. The Morgan fingerprint density at radius 3 is 2.55 bits per heavy atom. The van der Waals surface area contributed by atoms with Gasteiger partial charge in [-0.2, -0.15) is 0 Å². The number of fused-ring (bicyclic) bond motifs is 1. The van der Waals surface area contributed by atoms with Gasteiger partial charge in [-0.15, -0.1) is 0 Å². The van der Waals surface area contributed by atoms with Crippen molar-refractivity contribution < 1.29 is 4.39 Å². The topological polar surface area (TPSA) is 46.0 Å². The molecule has 1 N–H and O–H groups in total. The third kappa shape index (κ3) is 3.48. The van der Waals surface area contributed by atoms with Gasteiger partial charge in [0.1, 0.15) is 11.9 Å². The van der Waals surface area contributed by atoms with Crippen LogP contribution in [0, 0.1) is 5.82 Å². The van der Waals surface area contributed by atoms with Crippen LogP contribution in [0.25, 0.3) is 15.3 Å². The summed E-state index contributed by atoms with van der Waals surface area (Å²) in [5.41, 5.74) is 3.68. The van der Waals surface area contributed by atoms with E-state index in [1.165, 1.54) is 12.1 Å². The van der Waals surface area contributed by atoms with Crippen LogP contribution >= 0.6 is 23.6 Å². The zero-order valence-corrected chi connectivity index (χ0v) is 18.9. The molecule has 3 aromatic heterocycles. The van der Waals surface area contributed by atoms with Gasteiger partial charge < -0.3 is 10.2 Å². The number of hydrogen-bond acceptors (Lipinski definition) is 4. The van der Waals surface area contributed by atoms with Crippen LogP contribution in [-0.4, -0.2) is 19.6 Å². The van der Waals surface area contributed by atoms with Gasteiger partial charge in [0.25, 0.3) is 0 Å². The lowest BCUT2D eigenvalue weighted by atomic mass is 10.0. The van der Waals surface area contributed by atoms with Gasteiger partial charge in [-0.3, -0.25) is 9.55 Å². The maximum absolute atomic E-state index is 13.7. The first-order valence-corrected chi connectivity index (χ1v) is 11.7. The van der Waals surface area contributed by atoms with Crippen molar-refractivity contribution in [2.75, 3.05) is 4.90 Å². The van der Waals surface area contributed by atoms with E-state index in [9.17, 15) is 4.39 Å². The fourth-order valence-corrected chi connectivity index (χ4v) is 5.62. The van der Waals surface area contributed by atoms with E-state index < -0.39 is 0 Å². The Morgan fingerprint density at radius 2 is 1.76 bits per heavy atom. The molecule has 8 heteroatoms. The smallest absolute Gasteiger partial charge is 0.194 e. The molecular weight excluding hydrogens is 453 g/mol. The first-order chi connectivity index (χ1) is 16.2. The number of aromatic nitrogens is 3. The molecular formula is C25H18FN5S2. The molecule has 0 unspecified atom stereocenters. The molecule has 5 aromatic rings. The number of halogens is 1. The van der Waals surface area contributed by atoms with Crippen LogP contribution in [-0.2, 0) is 0 Å². The molecule has 0 spiro atoms. The van der Waals surface area contributed by atoms with Crippen LogP contribution in [0.5, 0.6) is 0 Å². The van der Waals surface area contributed by atoms with Crippen molar-refractivity contribution in [2.24, 2.45) is 0 Å². The number of anilines is 1. The Balaban J connectivity index is 1.51. The van der Waals surface area contributed by atoms with Gasteiger partial charge in [0.15, 0.2) is 10.2 Å². The molecule has 1 aliphatic rings. The highest BCUT2D eigenvalue weighted by Gasteiger charge is 2.42. The van der Waals surface area contributed by atoms with Crippen molar-refractivity contribution in [1.82, 2.24) is 19.9 Å². The standard InChI is InChI=1S/C25H18FN5S2/c26-16-10-12-17(13-11-16)31-23(22(29-24(31)32)19-7-3-4-14-27-19)20-8-5-15-30(20)25-28-18-6-1-2-9-21(18)33-25/h1-15,22-23H,(H,29,32)/t22-,23+/m1/s1. The molecule has 6 rings (SSSR count). The molecule has 2 aromatic carbocycles. The van der Waals surface area contributed by atoms with Crippen molar-refractivity contribution in [3.05, 3.63) is 108 Å². The van der Waals surface area contributed by atoms with Gasteiger partial charge in [0, 0.05) is 18.1 Å². The molecule has 162 valence electrons. The molecule has 1 aliphatic heterocycles. The Morgan fingerprint density at radius 1 is 0.939 bits per heavy atom. The number of hydrogen-bond donors (Lipinski definition) is 1. The monoisotopic (exact) mass is 471 g/mol. The van der Waals surface area contributed by atoms with E-state index in [-0.39, 0.29) is 17.9 Å². The number of rotatable bonds is 4. The number of nitrogens with zero attached hydrogens (tertiary/aromatic N) is 4. The number of benzene rings is 2. The summed E-state index contributed by atoms with van der Waals surface area (Å²) >= 11 is 7.41. The van der Waals surface area contributed by atoms with Gasteiger partial charge in [0.05, 0.1) is 27.6 Å². The van der Waals surface area contributed by atoms with E-state index in [4.69, 9.17) is 17.2 Å². The zero-order valence-electron chi connectivity index (χ0n) is 17.3. The van der Waals surface area contributed by atoms with Crippen LogP contribution in [0.4, 0.5) is 10.1 Å². The Hall–Kier alpha value is -3.62. The Labute approximate surface area is 199 Å². The van der Waals surface area contributed by atoms with Gasteiger partial charge in [-0.1, -0.05) is 29.5 Å². The van der Waals surface area contributed by atoms with Crippen molar-refractivity contribution in [3.8, 4) is 5.13 Å². The number of thiocarbonyl (C=S) groups is 1. The van der Waals surface area contributed by atoms with E-state index in [0.29, 0.717) is 5.11 Å². The summed E-state index contributed by atoms with van der Waals surface area (Å²) in [6.45, 7) is 0. The fourth-order valence-electron chi connectivity index (χ4n) is 4.31. The minimum Gasteiger partial charge on any atom is -0.351 e.